The van der Waals surface area contributed by atoms with Crippen LogP contribution in [0, 0.1) is 11.8 Å². The van der Waals surface area contributed by atoms with E-state index in [4.69, 9.17) is 16.3 Å². The number of ether oxygens (including phenoxy) is 1. The van der Waals surface area contributed by atoms with Crippen molar-refractivity contribution in [1.29, 1.82) is 0 Å². The zero-order chi connectivity index (χ0) is 15.6. The standard InChI is InChI=1S/C15H22ClNO3S/c1-4-20-14-6-5-13(16)8-15(14)21(18,19)17-9-11(2)7-12(3)10-17/h5-6,8,11-12H,4,7,9-10H2,1-3H3/t11-,12+. The van der Waals surface area contributed by atoms with Gasteiger partial charge in [-0.25, -0.2) is 8.42 Å². The Balaban J connectivity index is 2.41. The molecule has 0 unspecified atom stereocenters. The monoisotopic (exact) mass is 331 g/mol. The number of benzene rings is 1. The van der Waals surface area contributed by atoms with Crippen molar-refractivity contribution in [2.75, 3.05) is 19.7 Å². The number of piperidine rings is 1. The third-order valence-electron chi connectivity index (χ3n) is 3.66. The van der Waals surface area contributed by atoms with Gasteiger partial charge in [-0.2, -0.15) is 4.31 Å². The van der Waals surface area contributed by atoms with Crippen LogP contribution in [-0.2, 0) is 10.0 Å². The smallest absolute Gasteiger partial charge is 0.246 e. The van der Waals surface area contributed by atoms with E-state index in [1.54, 1.807) is 16.4 Å². The van der Waals surface area contributed by atoms with Crippen molar-refractivity contribution in [2.24, 2.45) is 11.8 Å². The highest BCUT2D eigenvalue weighted by Gasteiger charge is 2.33. The number of rotatable bonds is 4. The maximum atomic E-state index is 12.9. The number of halogens is 1. The molecule has 21 heavy (non-hydrogen) atoms. The van der Waals surface area contributed by atoms with Crippen LogP contribution in [0.2, 0.25) is 5.02 Å². The molecule has 0 N–H and O–H groups in total. The van der Waals surface area contributed by atoms with Crippen LogP contribution in [-0.4, -0.2) is 32.4 Å². The first-order chi connectivity index (χ1) is 9.84. The average molecular weight is 332 g/mol. The van der Waals surface area contributed by atoms with Gasteiger partial charge in [0.05, 0.1) is 6.61 Å². The Labute approximate surface area is 132 Å². The molecule has 0 radical (unpaired) electrons. The summed E-state index contributed by atoms with van der Waals surface area (Å²) < 4.78 is 32.8. The molecule has 1 heterocycles. The van der Waals surface area contributed by atoms with E-state index in [1.165, 1.54) is 6.07 Å². The highest BCUT2D eigenvalue weighted by atomic mass is 35.5. The Morgan fingerprint density at radius 3 is 2.48 bits per heavy atom. The summed E-state index contributed by atoms with van der Waals surface area (Å²) in [6.45, 7) is 7.50. The average Bonchev–Trinajstić information content (AvgIpc) is 2.40. The summed E-state index contributed by atoms with van der Waals surface area (Å²) in [7, 11) is -3.58. The third kappa shape index (κ3) is 3.71. The van der Waals surface area contributed by atoms with Gasteiger partial charge in [-0.15, -0.1) is 0 Å². The maximum absolute atomic E-state index is 12.9. The first-order valence-corrected chi connectivity index (χ1v) is 9.09. The lowest BCUT2D eigenvalue weighted by atomic mass is 9.94. The van der Waals surface area contributed by atoms with Gasteiger partial charge in [0.1, 0.15) is 10.6 Å². The molecule has 1 fully saturated rings. The number of hydrogen-bond donors (Lipinski definition) is 0. The van der Waals surface area contributed by atoms with Crippen molar-refractivity contribution < 1.29 is 13.2 Å². The van der Waals surface area contributed by atoms with Crippen LogP contribution in [0.5, 0.6) is 5.75 Å². The number of nitrogens with zero attached hydrogens (tertiary/aromatic N) is 1. The van der Waals surface area contributed by atoms with Gasteiger partial charge in [0, 0.05) is 18.1 Å². The molecule has 1 saturated heterocycles. The minimum absolute atomic E-state index is 0.165. The fourth-order valence-electron chi connectivity index (χ4n) is 2.90. The van der Waals surface area contributed by atoms with E-state index in [-0.39, 0.29) is 4.90 Å². The lowest BCUT2D eigenvalue weighted by Gasteiger charge is -2.34. The summed E-state index contributed by atoms with van der Waals surface area (Å²) in [4.78, 5) is 0.165. The Morgan fingerprint density at radius 2 is 1.90 bits per heavy atom. The summed E-state index contributed by atoms with van der Waals surface area (Å²) in [6, 6.07) is 4.74. The Hall–Kier alpha value is -0.780. The van der Waals surface area contributed by atoms with Crippen molar-refractivity contribution in [2.45, 2.75) is 32.1 Å². The molecule has 0 bridgehead atoms. The number of sulfonamides is 1. The van der Waals surface area contributed by atoms with Gasteiger partial charge in [-0.1, -0.05) is 25.4 Å². The van der Waals surface area contributed by atoms with Crippen LogP contribution < -0.4 is 4.74 Å². The second-order valence-electron chi connectivity index (χ2n) is 5.79. The first kappa shape index (κ1) is 16.6. The molecule has 1 aromatic carbocycles. The summed E-state index contributed by atoms with van der Waals surface area (Å²) in [6.07, 6.45) is 1.06. The predicted octanol–water partition coefficient (Wildman–Crippen LogP) is 3.41. The first-order valence-electron chi connectivity index (χ1n) is 7.27. The molecule has 2 rings (SSSR count). The summed E-state index contributed by atoms with van der Waals surface area (Å²) >= 11 is 5.98. The topological polar surface area (TPSA) is 46.6 Å². The van der Waals surface area contributed by atoms with E-state index < -0.39 is 10.0 Å². The molecule has 4 nitrogen and oxygen atoms in total. The van der Waals surface area contributed by atoms with E-state index in [2.05, 4.69) is 13.8 Å². The van der Waals surface area contributed by atoms with Gasteiger partial charge >= 0.3 is 0 Å². The van der Waals surface area contributed by atoms with E-state index >= 15 is 0 Å². The third-order valence-corrected chi connectivity index (χ3v) is 5.75. The molecule has 0 saturated carbocycles. The molecule has 1 aromatic rings. The van der Waals surface area contributed by atoms with Crippen LogP contribution >= 0.6 is 11.6 Å². The normalized spacial score (nSPS) is 24.0. The minimum atomic E-state index is -3.58. The molecule has 1 aliphatic rings. The van der Waals surface area contributed by atoms with Crippen LogP contribution in [0.4, 0.5) is 0 Å². The molecule has 6 heteroatoms. The van der Waals surface area contributed by atoms with E-state index in [9.17, 15) is 8.42 Å². The fraction of sp³-hybridized carbons (Fsp3) is 0.600. The Morgan fingerprint density at radius 1 is 1.29 bits per heavy atom. The van der Waals surface area contributed by atoms with Crippen molar-refractivity contribution in [3.8, 4) is 5.75 Å². The zero-order valence-corrected chi connectivity index (χ0v) is 14.2. The summed E-state index contributed by atoms with van der Waals surface area (Å²) in [5.74, 6) is 1.09. The zero-order valence-electron chi connectivity index (χ0n) is 12.7. The van der Waals surface area contributed by atoms with Gasteiger partial charge in [0.25, 0.3) is 0 Å². The lowest BCUT2D eigenvalue weighted by molar-refractivity contribution is 0.222. The summed E-state index contributed by atoms with van der Waals surface area (Å²) in [5.41, 5.74) is 0. The molecule has 0 aromatic heterocycles. The largest absolute Gasteiger partial charge is 0.492 e. The molecule has 0 aliphatic carbocycles. The van der Waals surface area contributed by atoms with Crippen LogP contribution in [0.15, 0.2) is 23.1 Å². The molecule has 2 atom stereocenters. The molecular weight excluding hydrogens is 310 g/mol. The molecular formula is C15H22ClNO3S. The summed E-state index contributed by atoms with van der Waals surface area (Å²) in [5, 5.41) is 0.398. The van der Waals surface area contributed by atoms with Gasteiger partial charge in [-0.3, -0.25) is 0 Å². The Kier molecular flexibility index (Phi) is 5.17. The van der Waals surface area contributed by atoms with Crippen LogP contribution in [0.3, 0.4) is 0 Å². The fourth-order valence-corrected chi connectivity index (χ4v) is 4.97. The van der Waals surface area contributed by atoms with Crippen LogP contribution in [0.25, 0.3) is 0 Å². The van der Waals surface area contributed by atoms with Crippen molar-refractivity contribution in [3.05, 3.63) is 23.2 Å². The van der Waals surface area contributed by atoms with Crippen LogP contribution in [0.1, 0.15) is 27.2 Å². The van der Waals surface area contributed by atoms with E-state index in [1.807, 2.05) is 6.92 Å². The van der Waals surface area contributed by atoms with E-state index in [0.717, 1.165) is 6.42 Å². The predicted molar refractivity (Wildman–Crippen MR) is 84.3 cm³/mol. The second kappa shape index (κ2) is 6.55. The molecule has 0 spiro atoms. The van der Waals surface area contributed by atoms with Crippen molar-refractivity contribution >= 4 is 21.6 Å². The molecule has 0 amide bonds. The minimum Gasteiger partial charge on any atom is -0.492 e. The molecule has 1 aliphatic heterocycles. The number of hydrogen-bond acceptors (Lipinski definition) is 3. The lowest BCUT2D eigenvalue weighted by Crippen LogP contribution is -2.42. The highest BCUT2D eigenvalue weighted by molar-refractivity contribution is 7.89. The Bertz CT molecular complexity index is 593. The second-order valence-corrected chi connectivity index (χ2v) is 8.13. The maximum Gasteiger partial charge on any atom is 0.246 e. The van der Waals surface area contributed by atoms with Gasteiger partial charge in [0.15, 0.2) is 0 Å². The SMILES string of the molecule is CCOc1ccc(Cl)cc1S(=O)(=O)N1C[C@H](C)C[C@H](C)C1. The van der Waals surface area contributed by atoms with Crippen molar-refractivity contribution in [1.82, 2.24) is 4.31 Å². The van der Waals surface area contributed by atoms with Crippen molar-refractivity contribution in [3.63, 3.8) is 0 Å². The van der Waals surface area contributed by atoms with E-state index in [0.29, 0.717) is 42.3 Å². The van der Waals surface area contributed by atoms with Gasteiger partial charge < -0.3 is 4.74 Å². The molecule has 118 valence electrons. The highest BCUT2D eigenvalue weighted by Crippen LogP contribution is 2.33. The quantitative estimate of drug-likeness (QED) is 0.849. The van der Waals surface area contributed by atoms with Gasteiger partial charge in [-0.05, 0) is 43.4 Å². The van der Waals surface area contributed by atoms with Gasteiger partial charge in [0.2, 0.25) is 10.0 Å².